The van der Waals surface area contributed by atoms with E-state index in [2.05, 4.69) is 36.7 Å². The lowest BCUT2D eigenvalue weighted by molar-refractivity contribution is 0.102. The number of para-hydroxylation sites is 1. The average molecular weight is 572 g/mol. The smallest absolute Gasteiger partial charge is 0.264 e. The fraction of sp³-hybridized carbons (Fsp3) is 0.0833. The van der Waals surface area contributed by atoms with E-state index in [1.807, 2.05) is 60.7 Å². The molecule has 0 fully saturated rings. The van der Waals surface area contributed by atoms with Crippen LogP contribution in [0.4, 0.5) is 5.95 Å². The molecule has 0 amide bonds. The molecular weight excluding hydrogens is 552 g/mol. The van der Waals surface area contributed by atoms with Crippen molar-refractivity contribution in [2.24, 2.45) is 5.10 Å². The number of nitrogens with zero attached hydrogens (tertiary/aromatic N) is 4. The summed E-state index contributed by atoms with van der Waals surface area (Å²) in [4.78, 5) is 12.4. The van der Waals surface area contributed by atoms with Crippen LogP contribution in [0.2, 0.25) is 5.02 Å². The van der Waals surface area contributed by atoms with Gasteiger partial charge in [0, 0.05) is 26.2 Å². The van der Waals surface area contributed by atoms with Crippen molar-refractivity contribution in [3.8, 4) is 5.75 Å². The highest BCUT2D eigenvalue weighted by atomic mass is 79.9. The maximum absolute atomic E-state index is 12.4. The summed E-state index contributed by atoms with van der Waals surface area (Å²) in [6.07, 6.45) is 1.60. The fourth-order valence-electron chi connectivity index (χ4n) is 2.95. The lowest BCUT2D eigenvalue weighted by Crippen LogP contribution is -2.14. The average Bonchev–Trinajstić information content (AvgIpc) is 3.22. The number of rotatable bonds is 10. The number of nitrogens with one attached hydrogen (secondary N) is 1. The molecule has 0 spiro atoms. The maximum Gasteiger partial charge on any atom is 0.264 e. The molecule has 178 valence electrons. The number of ketones is 1. The van der Waals surface area contributed by atoms with Crippen molar-refractivity contribution in [3.05, 3.63) is 99.0 Å². The Labute approximate surface area is 219 Å². The number of thioether (sulfide) groups is 1. The number of hydrazone groups is 1. The highest BCUT2D eigenvalue weighted by molar-refractivity contribution is 9.10. The minimum Gasteiger partial charge on any atom is -0.488 e. The van der Waals surface area contributed by atoms with Gasteiger partial charge >= 0.3 is 0 Å². The number of Topliss-reactive ketones (excluding diaryl/α,β-unsaturated/α-hetero) is 1. The Kier molecular flexibility index (Phi) is 8.40. The number of nitrogen functional groups attached to an aromatic ring is 1. The number of hydrogen-bond acceptors (Lipinski definition) is 8. The van der Waals surface area contributed by atoms with Crippen LogP contribution in [-0.4, -0.2) is 32.6 Å². The van der Waals surface area contributed by atoms with E-state index in [-0.39, 0.29) is 17.5 Å². The van der Waals surface area contributed by atoms with Crippen molar-refractivity contribution < 1.29 is 9.53 Å². The summed E-state index contributed by atoms with van der Waals surface area (Å²) in [5.41, 5.74) is 5.03. The second-order valence-electron chi connectivity index (χ2n) is 7.18. The fourth-order valence-corrected chi connectivity index (χ4v) is 4.16. The summed E-state index contributed by atoms with van der Waals surface area (Å²) in [6.45, 7) is 0.328. The Morgan fingerprint density at radius 2 is 1.86 bits per heavy atom. The zero-order valence-electron chi connectivity index (χ0n) is 18.3. The first-order valence-electron chi connectivity index (χ1n) is 10.4. The van der Waals surface area contributed by atoms with Gasteiger partial charge in [-0.2, -0.15) is 5.10 Å². The first kappa shape index (κ1) is 24.8. The van der Waals surface area contributed by atoms with Crippen LogP contribution in [0.5, 0.6) is 5.75 Å². The summed E-state index contributed by atoms with van der Waals surface area (Å²) < 4.78 is 8.09. The second kappa shape index (κ2) is 11.9. The molecule has 8 nitrogen and oxygen atoms in total. The lowest BCUT2D eigenvalue weighted by Gasteiger charge is -2.10. The molecule has 4 rings (SSSR count). The first-order chi connectivity index (χ1) is 17.0. The minimum absolute atomic E-state index is 0.0357. The normalized spacial score (nSPS) is 11.0. The quantitative estimate of drug-likeness (QED) is 0.0862. The van der Waals surface area contributed by atoms with Gasteiger partial charge in [0.25, 0.3) is 5.95 Å². The third-order valence-electron chi connectivity index (χ3n) is 4.79. The molecule has 11 heteroatoms. The summed E-state index contributed by atoms with van der Waals surface area (Å²) >= 11 is 10.8. The monoisotopic (exact) mass is 570 g/mol. The van der Waals surface area contributed by atoms with Crippen molar-refractivity contribution in [1.29, 1.82) is 0 Å². The molecular formula is C24H20BrClN6O2S. The minimum atomic E-state index is -0.0357. The number of carbonyl (C=O) groups is 1. The molecule has 0 aliphatic rings. The van der Waals surface area contributed by atoms with Crippen LogP contribution in [0.3, 0.4) is 0 Å². The number of aromatic nitrogens is 3. The van der Waals surface area contributed by atoms with Crippen LogP contribution in [-0.2, 0) is 6.61 Å². The van der Waals surface area contributed by atoms with Gasteiger partial charge in [-0.05, 0) is 30.3 Å². The lowest BCUT2D eigenvalue weighted by atomic mass is 10.2. The molecule has 1 aromatic heterocycles. The van der Waals surface area contributed by atoms with Crippen molar-refractivity contribution >= 4 is 57.2 Å². The summed E-state index contributed by atoms with van der Waals surface area (Å²) in [6, 6.07) is 22.2. The number of hydrogen-bond donors (Lipinski definition) is 2. The largest absolute Gasteiger partial charge is 0.488 e. The first-order valence-corrected chi connectivity index (χ1v) is 12.5. The van der Waals surface area contributed by atoms with E-state index in [0.717, 1.165) is 15.6 Å². The highest BCUT2D eigenvalue weighted by Crippen LogP contribution is 2.22. The predicted molar refractivity (Wildman–Crippen MR) is 143 cm³/mol. The molecule has 3 N–H and O–H groups in total. The number of nitrogens with two attached hydrogens (primary N) is 1. The van der Waals surface area contributed by atoms with Gasteiger partial charge in [0.2, 0.25) is 5.16 Å². The van der Waals surface area contributed by atoms with Crippen LogP contribution in [0, 0.1) is 0 Å². The third kappa shape index (κ3) is 6.62. The van der Waals surface area contributed by atoms with Gasteiger partial charge in [-0.3, -0.25) is 4.79 Å². The molecule has 4 aromatic rings. The van der Waals surface area contributed by atoms with E-state index in [9.17, 15) is 4.79 Å². The van der Waals surface area contributed by atoms with E-state index in [1.165, 1.54) is 16.4 Å². The Morgan fingerprint density at radius 1 is 1.11 bits per heavy atom. The van der Waals surface area contributed by atoms with Gasteiger partial charge in [-0.15, -0.1) is 10.2 Å². The van der Waals surface area contributed by atoms with E-state index in [4.69, 9.17) is 22.2 Å². The molecule has 0 atom stereocenters. The SMILES string of the molecule is Nn1c(N/N=C/c2ccccc2OCc2ccccc2Cl)nnc1SCC(=O)c1ccc(Br)cc1. The van der Waals surface area contributed by atoms with E-state index in [0.29, 0.717) is 28.1 Å². The number of halogens is 2. The van der Waals surface area contributed by atoms with Crippen LogP contribution in [0.1, 0.15) is 21.5 Å². The van der Waals surface area contributed by atoms with Crippen molar-refractivity contribution in [1.82, 2.24) is 14.9 Å². The molecule has 0 saturated carbocycles. The van der Waals surface area contributed by atoms with Crippen molar-refractivity contribution in [2.75, 3.05) is 17.0 Å². The Morgan fingerprint density at radius 3 is 2.66 bits per heavy atom. The van der Waals surface area contributed by atoms with E-state index < -0.39 is 0 Å². The number of anilines is 1. The molecule has 0 aliphatic carbocycles. The van der Waals surface area contributed by atoms with Crippen molar-refractivity contribution in [2.45, 2.75) is 11.8 Å². The zero-order chi connectivity index (χ0) is 24.6. The van der Waals surface area contributed by atoms with Gasteiger partial charge in [-0.1, -0.05) is 81.8 Å². The topological polar surface area (TPSA) is 107 Å². The van der Waals surface area contributed by atoms with Gasteiger partial charge < -0.3 is 10.6 Å². The van der Waals surface area contributed by atoms with Gasteiger partial charge in [0.1, 0.15) is 12.4 Å². The van der Waals surface area contributed by atoms with Crippen LogP contribution >= 0.6 is 39.3 Å². The summed E-state index contributed by atoms with van der Waals surface area (Å²) in [5.74, 6) is 7.08. The summed E-state index contributed by atoms with van der Waals surface area (Å²) in [7, 11) is 0. The molecule has 0 radical (unpaired) electrons. The van der Waals surface area contributed by atoms with Gasteiger partial charge in [-0.25, -0.2) is 10.1 Å². The van der Waals surface area contributed by atoms with E-state index in [1.54, 1.807) is 18.3 Å². The molecule has 35 heavy (non-hydrogen) atoms. The van der Waals surface area contributed by atoms with E-state index >= 15 is 0 Å². The third-order valence-corrected chi connectivity index (χ3v) is 6.63. The predicted octanol–water partition coefficient (Wildman–Crippen LogP) is 5.41. The van der Waals surface area contributed by atoms with Crippen LogP contribution in [0.15, 0.2) is 87.5 Å². The van der Waals surface area contributed by atoms with Crippen LogP contribution < -0.4 is 16.0 Å². The Hall–Kier alpha value is -3.34. The molecule has 1 heterocycles. The molecule has 0 bridgehead atoms. The zero-order valence-corrected chi connectivity index (χ0v) is 21.4. The van der Waals surface area contributed by atoms with Gasteiger partial charge in [0.05, 0.1) is 12.0 Å². The molecule has 3 aromatic carbocycles. The van der Waals surface area contributed by atoms with Crippen molar-refractivity contribution in [3.63, 3.8) is 0 Å². The number of carbonyl (C=O) groups excluding carboxylic acids is 1. The molecule has 0 saturated heterocycles. The maximum atomic E-state index is 12.4. The second-order valence-corrected chi connectivity index (χ2v) is 9.45. The highest BCUT2D eigenvalue weighted by Gasteiger charge is 2.13. The number of ether oxygens (including phenoxy) is 1. The molecule has 0 aliphatic heterocycles. The summed E-state index contributed by atoms with van der Waals surface area (Å²) in [5, 5.41) is 13.3. The van der Waals surface area contributed by atoms with Gasteiger partial charge in [0.15, 0.2) is 5.78 Å². The standard InChI is InChI=1S/C24H20BrClN6O2S/c25-19-11-9-16(10-12-19)21(33)15-35-24-31-30-23(32(24)27)29-28-13-17-5-2-4-8-22(17)34-14-18-6-1-3-7-20(18)26/h1-13H,14-15,27H2,(H,29,30)/b28-13+. The molecule has 0 unspecified atom stereocenters. The Bertz CT molecular complexity index is 1350. The Balaban J connectivity index is 1.35. The number of benzene rings is 3. The van der Waals surface area contributed by atoms with Crippen LogP contribution in [0.25, 0.3) is 0 Å².